The number of nitrogens with one attached hydrogen (secondary N) is 1. The molecule has 4 aromatic rings. The van der Waals surface area contributed by atoms with Crippen LogP contribution in [0.25, 0.3) is 16.7 Å². The minimum Gasteiger partial charge on any atom is -0.494 e. The Morgan fingerprint density at radius 3 is 2.60 bits per heavy atom. The first-order valence-electron chi connectivity index (χ1n) is 11.4. The van der Waals surface area contributed by atoms with Gasteiger partial charge in [0.1, 0.15) is 16.3 Å². The molecule has 2 aliphatic rings. The van der Waals surface area contributed by atoms with E-state index in [2.05, 4.69) is 19.9 Å². The van der Waals surface area contributed by atoms with Gasteiger partial charge in [-0.05, 0) is 60.9 Å². The van der Waals surface area contributed by atoms with Crippen LogP contribution in [0.15, 0.2) is 53.9 Å². The third-order valence-corrected chi connectivity index (χ3v) is 8.67. The molecule has 2 saturated carbocycles. The molecular formula is C24H26N6O4S. The molecule has 0 atom stereocenters. The van der Waals surface area contributed by atoms with Crippen molar-refractivity contribution in [3.05, 3.63) is 54.6 Å². The molecule has 2 fully saturated rings. The fourth-order valence-corrected chi connectivity index (χ4v) is 6.27. The Morgan fingerprint density at radius 2 is 1.89 bits per heavy atom. The average Bonchev–Trinajstić information content (AvgIpc) is 3.27. The third kappa shape index (κ3) is 3.49. The molecule has 0 bridgehead atoms. The number of ether oxygens (including phenoxy) is 2. The van der Waals surface area contributed by atoms with Crippen LogP contribution in [0.3, 0.4) is 0 Å². The van der Waals surface area contributed by atoms with Gasteiger partial charge >= 0.3 is 0 Å². The zero-order valence-electron chi connectivity index (χ0n) is 19.7. The lowest BCUT2D eigenvalue weighted by Gasteiger charge is -2.48. The third-order valence-electron chi connectivity index (χ3n) is 7.37. The Morgan fingerprint density at radius 1 is 1.09 bits per heavy atom. The first-order valence-corrected chi connectivity index (χ1v) is 12.8. The van der Waals surface area contributed by atoms with Gasteiger partial charge in [0.05, 0.1) is 36.8 Å². The number of aromatic nitrogens is 5. The van der Waals surface area contributed by atoms with Gasteiger partial charge < -0.3 is 9.47 Å². The lowest BCUT2D eigenvalue weighted by molar-refractivity contribution is -0.122. The van der Waals surface area contributed by atoms with Crippen LogP contribution in [0.1, 0.15) is 31.2 Å². The summed E-state index contributed by atoms with van der Waals surface area (Å²) in [5, 5.41) is 9.31. The highest BCUT2D eigenvalue weighted by atomic mass is 32.2. The Balaban J connectivity index is 1.31. The van der Waals surface area contributed by atoms with E-state index in [0.29, 0.717) is 28.2 Å². The maximum atomic E-state index is 13.3. The molecule has 35 heavy (non-hydrogen) atoms. The number of methoxy groups -OCH3 is 2. The number of benzene rings is 1. The molecule has 0 aliphatic heterocycles. The highest BCUT2D eigenvalue weighted by molar-refractivity contribution is 7.92. The van der Waals surface area contributed by atoms with Gasteiger partial charge in [-0.3, -0.25) is 9.40 Å². The Kier molecular flexibility index (Phi) is 4.74. The van der Waals surface area contributed by atoms with Gasteiger partial charge in [0, 0.05) is 25.7 Å². The van der Waals surface area contributed by atoms with Crippen LogP contribution >= 0.6 is 0 Å². The summed E-state index contributed by atoms with van der Waals surface area (Å²) in [6.45, 7) is 0. The molecule has 6 rings (SSSR count). The van der Waals surface area contributed by atoms with E-state index in [0.717, 1.165) is 23.8 Å². The van der Waals surface area contributed by atoms with E-state index in [1.807, 2.05) is 18.2 Å². The molecule has 3 heterocycles. The minimum atomic E-state index is -3.97. The molecule has 1 aromatic carbocycles. The summed E-state index contributed by atoms with van der Waals surface area (Å²) in [5.74, 6) is 0.925. The van der Waals surface area contributed by atoms with Gasteiger partial charge in [-0.15, -0.1) is 0 Å². The predicted octanol–water partition coefficient (Wildman–Crippen LogP) is 3.38. The van der Waals surface area contributed by atoms with Crippen molar-refractivity contribution in [2.45, 2.75) is 36.2 Å². The lowest BCUT2D eigenvalue weighted by atomic mass is 9.65. The van der Waals surface area contributed by atoms with Crippen LogP contribution < -0.4 is 9.46 Å². The summed E-state index contributed by atoms with van der Waals surface area (Å²) < 4.78 is 43.7. The molecule has 0 radical (unpaired) electrons. The SMILES string of the molecule is COc1ccc2cnn(C)c2c1NS(=O)(=O)c1cnn(-c2cc(C3(OC)CC4(CC4)C3)ccn2)c1. The van der Waals surface area contributed by atoms with E-state index >= 15 is 0 Å². The van der Waals surface area contributed by atoms with E-state index in [1.54, 1.807) is 37.3 Å². The molecule has 11 heteroatoms. The number of anilines is 1. The van der Waals surface area contributed by atoms with Gasteiger partial charge in [-0.2, -0.15) is 10.2 Å². The van der Waals surface area contributed by atoms with Crippen LogP contribution in [0.2, 0.25) is 0 Å². The van der Waals surface area contributed by atoms with Gasteiger partial charge in [0.15, 0.2) is 5.82 Å². The van der Waals surface area contributed by atoms with E-state index in [9.17, 15) is 8.42 Å². The largest absolute Gasteiger partial charge is 0.494 e. The van der Waals surface area contributed by atoms with Gasteiger partial charge in [-0.1, -0.05) is 0 Å². The molecule has 1 spiro atoms. The molecule has 10 nitrogen and oxygen atoms in total. The summed E-state index contributed by atoms with van der Waals surface area (Å²) in [6.07, 6.45) is 10.7. The monoisotopic (exact) mass is 494 g/mol. The second kappa shape index (κ2) is 7.53. The minimum absolute atomic E-state index is 0.00737. The fourth-order valence-electron chi connectivity index (χ4n) is 5.26. The molecule has 0 unspecified atom stereocenters. The molecule has 2 aliphatic carbocycles. The molecule has 0 amide bonds. The van der Waals surface area contributed by atoms with Crippen molar-refractivity contribution < 1.29 is 17.9 Å². The molecule has 182 valence electrons. The second-order valence-corrected chi connectivity index (χ2v) is 11.2. The van der Waals surface area contributed by atoms with Gasteiger partial charge in [0.2, 0.25) is 0 Å². The summed E-state index contributed by atoms with van der Waals surface area (Å²) in [5.41, 5.74) is 2.12. The average molecular weight is 495 g/mol. The van der Waals surface area contributed by atoms with Gasteiger partial charge in [0.25, 0.3) is 10.0 Å². The van der Waals surface area contributed by atoms with Crippen LogP contribution in [-0.2, 0) is 27.4 Å². The van der Waals surface area contributed by atoms with E-state index < -0.39 is 10.0 Å². The fraction of sp³-hybridized carbons (Fsp3) is 0.375. The quantitative estimate of drug-likeness (QED) is 0.419. The first-order chi connectivity index (χ1) is 16.8. The Hall–Kier alpha value is -3.44. The lowest BCUT2D eigenvalue weighted by Crippen LogP contribution is -2.44. The van der Waals surface area contributed by atoms with E-state index in [1.165, 1.54) is 37.0 Å². The van der Waals surface area contributed by atoms with Crippen molar-refractivity contribution in [1.29, 1.82) is 0 Å². The number of rotatable bonds is 7. The highest BCUT2D eigenvalue weighted by Gasteiger charge is 2.62. The van der Waals surface area contributed by atoms with Crippen LogP contribution in [0.4, 0.5) is 5.69 Å². The van der Waals surface area contributed by atoms with Gasteiger partial charge in [-0.25, -0.2) is 18.1 Å². The zero-order chi connectivity index (χ0) is 24.4. The summed E-state index contributed by atoms with van der Waals surface area (Å²) in [6, 6.07) is 7.43. The van der Waals surface area contributed by atoms with E-state index in [4.69, 9.17) is 9.47 Å². The number of aryl methyl sites for hydroxylation is 1. The summed E-state index contributed by atoms with van der Waals surface area (Å²) in [7, 11) is 1.02. The molecule has 0 saturated heterocycles. The number of hydrogen-bond acceptors (Lipinski definition) is 7. The molecule has 1 N–H and O–H groups in total. The van der Waals surface area contributed by atoms with Crippen LogP contribution in [0, 0.1) is 5.41 Å². The van der Waals surface area contributed by atoms with Crippen molar-refractivity contribution >= 4 is 26.6 Å². The van der Waals surface area contributed by atoms with Crippen LogP contribution in [0.5, 0.6) is 5.75 Å². The predicted molar refractivity (Wildman–Crippen MR) is 129 cm³/mol. The number of sulfonamides is 1. The number of nitrogens with zero attached hydrogens (tertiary/aromatic N) is 5. The summed E-state index contributed by atoms with van der Waals surface area (Å²) in [4.78, 5) is 4.43. The van der Waals surface area contributed by atoms with E-state index in [-0.39, 0.29) is 10.5 Å². The smallest absolute Gasteiger partial charge is 0.265 e. The normalized spacial score (nSPS) is 17.9. The molecule has 3 aromatic heterocycles. The van der Waals surface area contributed by atoms with Crippen molar-refractivity contribution in [3.63, 3.8) is 0 Å². The number of pyridine rings is 1. The number of fused-ring (bicyclic) bond motifs is 1. The Bertz CT molecular complexity index is 1550. The van der Waals surface area contributed by atoms with Crippen LogP contribution in [-0.4, -0.2) is 47.2 Å². The maximum Gasteiger partial charge on any atom is 0.265 e. The number of hydrogen-bond donors (Lipinski definition) is 1. The maximum absolute atomic E-state index is 13.3. The zero-order valence-corrected chi connectivity index (χ0v) is 20.5. The van der Waals surface area contributed by atoms with Crippen molar-refractivity contribution in [2.75, 3.05) is 18.9 Å². The standard InChI is InChI=1S/C24H26N6O4S/c1-29-22-16(11-26-29)4-5-19(33-2)21(22)28-35(31,32)18-12-27-30(13-18)20-10-17(6-9-25-20)24(34-3)14-23(15-24)7-8-23/h4-6,9-13,28H,7-8,14-15H2,1-3H3. The van der Waals surface area contributed by atoms with Crippen molar-refractivity contribution in [2.24, 2.45) is 12.5 Å². The summed E-state index contributed by atoms with van der Waals surface area (Å²) >= 11 is 0. The first kappa shape index (κ1) is 22.1. The topological polar surface area (TPSA) is 113 Å². The molecular weight excluding hydrogens is 468 g/mol. The van der Waals surface area contributed by atoms with Crippen molar-refractivity contribution in [1.82, 2.24) is 24.5 Å². The second-order valence-electron chi connectivity index (χ2n) is 9.53. The Labute approximate surface area is 202 Å². The highest BCUT2D eigenvalue weighted by Crippen LogP contribution is 2.69. The van der Waals surface area contributed by atoms with Crippen molar-refractivity contribution in [3.8, 4) is 11.6 Å².